The van der Waals surface area contributed by atoms with Gasteiger partial charge in [-0.2, -0.15) is 5.26 Å². The van der Waals surface area contributed by atoms with Crippen LogP contribution >= 0.6 is 0 Å². The Morgan fingerprint density at radius 1 is 1.35 bits per heavy atom. The van der Waals surface area contributed by atoms with Crippen molar-refractivity contribution in [2.75, 3.05) is 0 Å². The van der Waals surface area contributed by atoms with Gasteiger partial charge in [-0.25, -0.2) is 0 Å². The average Bonchev–Trinajstić information content (AvgIpc) is 2.46. The van der Waals surface area contributed by atoms with Crippen molar-refractivity contribution in [2.24, 2.45) is 0 Å². The van der Waals surface area contributed by atoms with E-state index in [4.69, 9.17) is 5.26 Å². The first-order valence-electron chi connectivity index (χ1n) is 6.91. The molecule has 1 amide bonds. The maximum Gasteiger partial charge on any atom is 0.262 e. The molecule has 0 atom stereocenters. The van der Waals surface area contributed by atoms with Crippen LogP contribution in [0, 0.1) is 11.3 Å². The highest BCUT2D eigenvalue weighted by Gasteiger charge is 2.17. The van der Waals surface area contributed by atoms with Crippen LogP contribution < -0.4 is 5.32 Å². The number of phenolic OH excluding ortho intramolecular Hbond substituents is 1. The third kappa shape index (κ3) is 3.86. The second-order valence-corrected chi connectivity index (χ2v) is 5.07. The Bertz CT molecular complexity index is 552. The molecule has 0 aromatic heterocycles. The van der Waals surface area contributed by atoms with Gasteiger partial charge in [0.15, 0.2) is 0 Å². The number of aromatic hydroxyl groups is 1. The van der Waals surface area contributed by atoms with Crippen molar-refractivity contribution in [1.82, 2.24) is 5.32 Å². The molecule has 1 aliphatic carbocycles. The number of nitriles is 1. The molecule has 1 aromatic rings. The number of carbonyl (C=O) groups is 1. The standard InChI is InChI=1S/C16H18N2O2/c17-11-13(9-12-5-4-8-15(19)10-12)16(20)18-14-6-2-1-3-7-14/h4-5,8-10,14,19H,1-3,6-7H2,(H,18,20)/b13-9-. The highest BCUT2D eigenvalue weighted by Crippen LogP contribution is 2.18. The van der Waals surface area contributed by atoms with Crippen LogP contribution in [0.4, 0.5) is 0 Å². The summed E-state index contributed by atoms with van der Waals surface area (Å²) in [5.74, 6) is -0.216. The lowest BCUT2D eigenvalue weighted by molar-refractivity contribution is -0.117. The van der Waals surface area contributed by atoms with Crippen molar-refractivity contribution in [3.8, 4) is 11.8 Å². The Balaban J connectivity index is 2.07. The summed E-state index contributed by atoms with van der Waals surface area (Å²) in [5.41, 5.74) is 0.710. The van der Waals surface area contributed by atoms with Crippen LogP contribution in [0.15, 0.2) is 29.8 Å². The molecule has 4 heteroatoms. The summed E-state index contributed by atoms with van der Waals surface area (Å²) in [5, 5.41) is 21.4. The second-order valence-electron chi connectivity index (χ2n) is 5.07. The molecule has 2 rings (SSSR count). The highest BCUT2D eigenvalue weighted by atomic mass is 16.3. The number of rotatable bonds is 3. The molecule has 1 aromatic carbocycles. The number of carbonyl (C=O) groups excluding carboxylic acids is 1. The number of hydrogen-bond donors (Lipinski definition) is 2. The van der Waals surface area contributed by atoms with E-state index in [0.29, 0.717) is 5.56 Å². The molecular formula is C16H18N2O2. The molecule has 0 heterocycles. The number of nitrogens with zero attached hydrogens (tertiary/aromatic N) is 1. The minimum Gasteiger partial charge on any atom is -0.508 e. The van der Waals surface area contributed by atoms with Gasteiger partial charge in [-0.1, -0.05) is 31.4 Å². The summed E-state index contributed by atoms with van der Waals surface area (Å²) in [4.78, 5) is 12.1. The molecule has 104 valence electrons. The number of amides is 1. The SMILES string of the molecule is N#C/C(=C/c1cccc(O)c1)C(=O)NC1CCCCC1. The third-order valence-electron chi connectivity index (χ3n) is 3.49. The molecule has 2 N–H and O–H groups in total. The molecule has 0 aliphatic heterocycles. The fourth-order valence-corrected chi connectivity index (χ4v) is 2.44. The van der Waals surface area contributed by atoms with E-state index in [1.54, 1.807) is 18.2 Å². The zero-order valence-electron chi connectivity index (χ0n) is 11.3. The molecular weight excluding hydrogens is 252 g/mol. The van der Waals surface area contributed by atoms with Gasteiger partial charge in [0, 0.05) is 6.04 Å². The van der Waals surface area contributed by atoms with Gasteiger partial charge >= 0.3 is 0 Å². The van der Waals surface area contributed by atoms with Crippen LogP contribution in [-0.2, 0) is 4.79 Å². The molecule has 4 nitrogen and oxygen atoms in total. The zero-order chi connectivity index (χ0) is 14.4. The minimum atomic E-state index is -0.331. The lowest BCUT2D eigenvalue weighted by Gasteiger charge is -2.22. The smallest absolute Gasteiger partial charge is 0.262 e. The highest BCUT2D eigenvalue weighted by molar-refractivity contribution is 6.01. The first kappa shape index (κ1) is 14.1. The molecule has 1 fully saturated rings. The van der Waals surface area contributed by atoms with Crippen molar-refractivity contribution in [3.05, 3.63) is 35.4 Å². The lowest BCUT2D eigenvalue weighted by atomic mass is 9.95. The van der Waals surface area contributed by atoms with Crippen LogP contribution in [0.1, 0.15) is 37.7 Å². The van der Waals surface area contributed by atoms with Gasteiger partial charge in [0.1, 0.15) is 17.4 Å². The summed E-state index contributed by atoms with van der Waals surface area (Å²) in [6.45, 7) is 0. The van der Waals surface area contributed by atoms with E-state index in [1.165, 1.54) is 18.6 Å². The van der Waals surface area contributed by atoms with Crippen molar-refractivity contribution in [1.29, 1.82) is 5.26 Å². The van der Waals surface area contributed by atoms with E-state index < -0.39 is 0 Å². The van der Waals surface area contributed by atoms with Crippen molar-refractivity contribution >= 4 is 12.0 Å². The lowest BCUT2D eigenvalue weighted by Crippen LogP contribution is -2.36. The Morgan fingerprint density at radius 3 is 2.75 bits per heavy atom. The average molecular weight is 270 g/mol. The van der Waals surface area contributed by atoms with E-state index in [-0.39, 0.29) is 23.3 Å². The largest absolute Gasteiger partial charge is 0.508 e. The molecule has 0 spiro atoms. The maximum atomic E-state index is 12.1. The number of benzene rings is 1. The number of phenols is 1. The molecule has 1 aliphatic rings. The van der Waals surface area contributed by atoms with Crippen molar-refractivity contribution < 1.29 is 9.90 Å². The number of nitrogens with one attached hydrogen (secondary N) is 1. The first-order valence-corrected chi connectivity index (χ1v) is 6.91. The predicted molar refractivity (Wildman–Crippen MR) is 76.7 cm³/mol. The fraction of sp³-hybridized carbons (Fsp3) is 0.375. The van der Waals surface area contributed by atoms with Crippen LogP contribution in [0.3, 0.4) is 0 Å². The molecule has 1 saturated carbocycles. The van der Waals surface area contributed by atoms with Crippen LogP contribution in [0.25, 0.3) is 6.08 Å². The normalized spacial score (nSPS) is 16.4. The van der Waals surface area contributed by atoms with Crippen LogP contribution in [0.2, 0.25) is 0 Å². The van der Waals surface area contributed by atoms with E-state index in [1.807, 2.05) is 6.07 Å². The first-order chi connectivity index (χ1) is 9.69. The Labute approximate surface area is 118 Å². The van der Waals surface area contributed by atoms with Gasteiger partial charge in [-0.15, -0.1) is 0 Å². The van der Waals surface area contributed by atoms with Gasteiger partial charge in [-0.05, 0) is 36.6 Å². The van der Waals surface area contributed by atoms with E-state index in [9.17, 15) is 9.90 Å². The summed E-state index contributed by atoms with van der Waals surface area (Å²) < 4.78 is 0. The molecule has 0 radical (unpaired) electrons. The Kier molecular flexibility index (Phi) is 4.78. The second kappa shape index (κ2) is 6.76. The summed E-state index contributed by atoms with van der Waals surface area (Å²) in [6, 6.07) is 8.59. The van der Waals surface area contributed by atoms with E-state index in [2.05, 4.69) is 5.32 Å². The number of hydrogen-bond acceptors (Lipinski definition) is 3. The van der Waals surface area contributed by atoms with Gasteiger partial charge < -0.3 is 10.4 Å². The van der Waals surface area contributed by atoms with Crippen molar-refractivity contribution in [2.45, 2.75) is 38.1 Å². The summed E-state index contributed by atoms with van der Waals surface area (Å²) >= 11 is 0. The Hall–Kier alpha value is -2.28. The quantitative estimate of drug-likeness (QED) is 0.655. The van der Waals surface area contributed by atoms with E-state index in [0.717, 1.165) is 25.7 Å². The van der Waals surface area contributed by atoms with Gasteiger partial charge in [0.25, 0.3) is 5.91 Å². The van der Waals surface area contributed by atoms with Crippen LogP contribution in [0.5, 0.6) is 5.75 Å². The van der Waals surface area contributed by atoms with Gasteiger partial charge in [-0.3, -0.25) is 4.79 Å². The molecule has 0 unspecified atom stereocenters. The van der Waals surface area contributed by atoms with Gasteiger partial charge in [0.05, 0.1) is 0 Å². The fourth-order valence-electron chi connectivity index (χ4n) is 2.44. The predicted octanol–water partition coefficient (Wildman–Crippen LogP) is 2.75. The molecule has 0 bridgehead atoms. The minimum absolute atomic E-state index is 0.0705. The van der Waals surface area contributed by atoms with Gasteiger partial charge in [0.2, 0.25) is 0 Å². The van der Waals surface area contributed by atoms with Crippen LogP contribution in [-0.4, -0.2) is 17.1 Å². The summed E-state index contributed by atoms with van der Waals surface area (Å²) in [6.07, 6.45) is 6.94. The monoisotopic (exact) mass is 270 g/mol. The summed E-state index contributed by atoms with van der Waals surface area (Å²) in [7, 11) is 0. The molecule has 0 saturated heterocycles. The molecule has 20 heavy (non-hydrogen) atoms. The maximum absolute atomic E-state index is 12.1. The topological polar surface area (TPSA) is 73.1 Å². The zero-order valence-corrected chi connectivity index (χ0v) is 11.3. The van der Waals surface area contributed by atoms with Crippen molar-refractivity contribution in [3.63, 3.8) is 0 Å². The van der Waals surface area contributed by atoms with E-state index >= 15 is 0 Å². The Morgan fingerprint density at radius 2 is 2.10 bits per heavy atom. The third-order valence-corrected chi connectivity index (χ3v) is 3.49.